The number of hydrogen-bond acceptors (Lipinski definition) is 6. The fraction of sp³-hybridized carbons (Fsp3) is 0.455. The molecule has 0 saturated heterocycles. The minimum Gasteiger partial charge on any atom is -0.478 e. The smallest absolute Gasteiger partial charge is 0.339 e. The van der Waals surface area contributed by atoms with E-state index in [0.717, 1.165) is 0 Å². The molecular formula is C11H16N4O4. The molecular weight excluding hydrogens is 252 g/mol. The molecule has 0 spiro atoms. The molecule has 8 heteroatoms. The summed E-state index contributed by atoms with van der Waals surface area (Å²) in [5.41, 5.74) is 0.375. The molecule has 1 rings (SSSR count). The number of aromatic carboxylic acids is 1. The molecule has 0 aliphatic rings. The van der Waals surface area contributed by atoms with Gasteiger partial charge < -0.3 is 20.5 Å². The summed E-state index contributed by atoms with van der Waals surface area (Å²) in [5.74, 6) is -1.09. The van der Waals surface area contributed by atoms with E-state index < -0.39 is 5.97 Å². The molecule has 19 heavy (non-hydrogen) atoms. The number of anilines is 1. The summed E-state index contributed by atoms with van der Waals surface area (Å²) in [5, 5.41) is 14.2. The highest BCUT2D eigenvalue weighted by Crippen LogP contribution is 2.06. The Kier molecular flexibility index (Phi) is 5.68. The lowest BCUT2D eigenvalue weighted by atomic mass is 10.2. The molecule has 0 unspecified atom stereocenters. The third-order valence-electron chi connectivity index (χ3n) is 2.25. The summed E-state index contributed by atoms with van der Waals surface area (Å²) >= 11 is 0. The molecule has 0 atom stereocenters. The number of carbonyl (C=O) groups excluding carboxylic acids is 1. The van der Waals surface area contributed by atoms with Crippen LogP contribution >= 0.6 is 0 Å². The zero-order valence-corrected chi connectivity index (χ0v) is 10.8. The maximum absolute atomic E-state index is 11.4. The number of amides is 1. The van der Waals surface area contributed by atoms with Gasteiger partial charge in [-0.25, -0.2) is 14.8 Å². The third-order valence-corrected chi connectivity index (χ3v) is 2.25. The number of carbonyl (C=O) groups is 2. The number of nitrogens with one attached hydrogen (secondary N) is 2. The molecule has 1 aromatic rings. The lowest BCUT2D eigenvalue weighted by Crippen LogP contribution is -2.32. The molecule has 104 valence electrons. The van der Waals surface area contributed by atoms with Crippen molar-refractivity contribution in [3.8, 4) is 0 Å². The van der Waals surface area contributed by atoms with Gasteiger partial charge in [0.05, 0.1) is 24.4 Å². The molecule has 0 aliphatic heterocycles. The van der Waals surface area contributed by atoms with Gasteiger partial charge in [-0.15, -0.1) is 0 Å². The van der Waals surface area contributed by atoms with Crippen LogP contribution in [0.1, 0.15) is 16.1 Å². The van der Waals surface area contributed by atoms with Crippen LogP contribution < -0.4 is 10.6 Å². The minimum atomic E-state index is -1.08. The van der Waals surface area contributed by atoms with Crippen LogP contribution in [0.25, 0.3) is 0 Å². The van der Waals surface area contributed by atoms with E-state index in [1.54, 1.807) is 14.0 Å². The van der Waals surface area contributed by atoms with Gasteiger partial charge in [-0.05, 0) is 6.92 Å². The molecule has 0 fully saturated rings. The van der Waals surface area contributed by atoms with Crippen LogP contribution in [0.4, 0.5) is 5.95 Å². The predicted octanol–water partition coefficient (Wildman–Crippen LogP) is -0.342. The van der Waals surface area contributed by atoms with E-state index in [4.69, 9.17) is 9.84 Å². The number of aryl methyl sites for hydroxylation is 1. The monoisotopic (exact) mass is 268 g/mol. The second-order valence-electron chi connectivity index (χ2n) is 3.69. The lowest BCUT2D eigenvalue weighted by Gasteiger charge is -2.07. The molecule has 0 bridgehead atoms. The van der Waals surface area contributed by atoms with E-state index >= 15 is 0 Å². The van der Waals surface area contributed by atoms with Crippen LogP contribution in [-0.2, 0) is 9.53 Å². The Hall–Kier alpha value is -2.22. The number of aromatic nitrogens is 2. The summed E-state index contributed by atoms with van der Waals surface area (Å²) < 4.78 is 4.79. The molecule has 3 N–H and O–H groups in total. The number of carboxylic acids is 1. The van der Waals surface area contributed by atoms with Crippen molar-refractivity contribution >= 4 is 17.8 Å². The quantitative estimate of drug-likeness (QED) is 0.579. The average Bonchev–Trinajstić information content (AvgIpc) is 2.36. The van der Waals surface area contributed by atoms with Crippen molar-refractivity contribution in [3.63, 3.8) is 0 Å². The van der Waals surface area contributed by atoms with Crippen LogP contribution in [-0.4, -0.2) is 53.8 Å². The Labute approximate surface area is 110 Å². The summed E-state index contributed by atoms with van der Waals surface area (Å²) in [4.78, 5) is 29.9. The van der Waals surface area contributed by atoms with Crippen molar-refractivity contribution in [1.82, 2.24) is 15.3 Å². The maximum Gasteiger partial charge on any atom is 0.339 e. The zero-order chi connectivity index (χ0) is 14.3. The molecule has 0 radical (unpaired) electrons. The first-order valence-corrected chi connectivity index (χ1v) is 5.61. The molecule has 1 aromatic heterocycles. The van der Waals surface area contributed by atoms with Crippen LogP contribution in [0.5, 0.6) is 0 Å². The van der Waals surface area contributed by atoms with Crippen molar-refractivity contribution in [2.45, 2.75) is 6.92 Å². The fourth-order valence-corrected chi connectivity index (χ4v) is 1.28. The number of nitrogens with zero attached hydrogens (tertiary/aromatic N) is 2. The molecule has 0 saturated carbocycles. The zero-order valence-electron chi connectivity index (χ0n) is 10.8. The summed E-state index contributed by atoms with van der Waals surface area (Å²) in [6.07, 6.45) is 1.20. The molecule has 1 heterocycles. The highest BCUT2D eigenvalue weighted by atomic mass is 16.5. The molecule has 1 amide bonds. The highest BCUT2D eigenvalue weighted by molar-refractivity contribution is 5.88. The van der Waals surface area contributed by atoms with Crippen molar-refractivity contribution in [2.24, 2.45) is 0 Å². The summed E-state index contributed by atoms with van der Waals surface area (Å²) in [6, 6.07) is 0. The molecule has 0 aliphatic carbocycles. The second kappa shape index (κ2) is 7.27. The van der Waals surface area contributed by atoms with Crippen molar-refractivity contribution in [2.75, 3.05) is 32.1 Å². The predicted molar refractivity (Wildman–Crippen MR) is 67.1 cm³/mol. The Balaban J connectivity index is 2.48. The van der Waals surface area contributed by atoms with Crippen LogP contribution in [0, 0.1) is 6.92 Å². The maximum atomic E-state index is 11.4. The van der Waals surface area contributed by atoms with Gasteiger partial charge in [0.15, 0.2) is 0 Å². The van der Waals surface area contributed by atoms with Crippen molar-refractivity contribution in [3.05, 3.63) is 17.5 Å². The minimum absolute atomic E-state index is 0.00950. The second-order valence-corrected chi connectivity index (χ2v) is 3.69. The number of methoxy groups -OCH3 is 1. The first-order chi connectivity index (χ1) is 9.04. The van der Waals surface area contributed by atoms with Gasteiger partial charge in [-0.3, -0.25) is 4.79 Å². The van der Waals surface area contributed by atoms with Gasteiger partial charge in [-0.1, -0.05) is 0 Å². The van der Waals surface area contributed by atoms with Gasteiger partial charge >= 0.3 is 5.97 Å². The van der Waals surface area contributed by atoms with Gasteiger partial charge in [0.2, 0.25) is 11.9 Å². The fourth-order valence-electron chi connectivity index (χ4n) is 1.28. The Bertz CT molecular complexity index is 464. The van der Waals surface area contributed by atoms with Gasteiger partial charge in [0.1, 0.15) is 0 Å². The SMILES string of the molecule is COCCNC(=O)CNc1ncc(C(=O)O)c(C)n1. The van der Waals surface area contributed by atoms with E-state index in [1.807, 2.05) is 0 Å². The first-order valence-electron chi connectivity index (χ1n) is 5.61. The topological polar surface area (TPSA) is 113 Å². The number of carboxylic acid groups (broad SMARTS) is 1. The standard InChI is InChI=1S/C11H16N4O4/c1-7-8(10(17)18)5-13-11(15-7)14-6-9(16)12-3-4-19-2/h5H,3-4,6H2,1-2H3,(H,12,16)(H,17,18)(H,13,14,15). The van der Waals surface area contributed by atoms with Gasteiger partial charge in [-0.2, -0.15) is 0 Å². The van der Waals surface area contributed by atoms with E-state index in [9.17, 15) is 9.59 Å². The third kappa shape index (κ3) is 4.88. The van der Waals surface area contributed by atoms with E-state index in [-0.39, 0.29) is 24.0 Å². The van der Waals surface area contributed by atoms with Crippen LogP contribution in [0.3, 0.4) is 0 Å². The lowest BCUT2D eigenvalue weighted by molar-refractivity contribution is -0.119. The number of ether oxygens (including phenoxy) is 1. The normalized spacial score (nSPS) is 10.0. The molecule has 0 aromatic carbocycles. The van der Waals surface area contributed by atoms with Gasteiger partial charge in [0.25, 0.3) is 0 Å². The van der Waals surface area contributed by atoms with E-state index in [1.165, 1.54) is 6.20 Å². The van der Waals surface area contributed by atoms with Gasteiger partial charge in [0, 0.05) is 19.9 Å². The van der Waals surface area contributed by atoms with E-state index in [0.29, 0.717) is 18.8 Å². The van der Waals surface area contributed by atoms with E-state index in [2.05, 4.69) is 20.6 Å². The average molecular weight is 268 g/mol. The van der Waals surface area contributed by atoms with Crippen molar-refractivity contribution < 1.29 is 19.4 Å². The largest absolute Gasteiger partial charge is 0.478 e. The van der Waals surface area contributed by atoms with Crippen LogP contribution in [0.2, 0.25) is 0 Å². The Morgan fingerprint density at radius 3 is 2.79 bits per heavy atom. The first kappa shape index (κ1) is 14.8. The Morgan fingerprint density at radius 1 is 1.47 bits per heavy atom. The van der Waals surface area contributed by atoms with Crippen molar-refractivity contribution in [1.29, 1.82) is 0 Å². The number of hydrogen-bond donors (Lipinski definition) is 3. The number of rotatable bonds is 7. The summed E-state index contributed by atoms with van der Waals surface area (Å²) in [6.45, 7) is 2.44. The summed E-state index contributed by atoms with van der Waals surface area (Å²) in [7, 11) is 1.55. The van der Waals surface area contributed by atoms with Crippen LogP contribution in [0.15, 0.2) is 6.20 Å². The highest BCUT2D eigenvalue weighted by Gasteiger charge is 2.10. The molecule has 8 nitrogen and oxygen atoms in total. The Morgan fingerprint density at radius 2 is 2.21 bits per heavy atom.